The van der Waals surface area contributed by atoms with Crippen molar-refractivity contribution in [2.45, 2.75) is 62.5 Å². The van der Waals surface area contributed by atoms with Crippen molar-refractivity contribution in [1.29, 1.82) is 0 Å². The molecule has 7 heteroatoms. The van der Waals surface area contributed by atoms with Crippen molar-refractivity contribution in [3.63, 3.8) is 0 Å². The van der Waals surface area contributed by atoms with E-state index < -0.39 is 22.6 Å². The Morgan fingerprint density at radius 1 is 1.43 bits per heavy atom. The van der Waals surface area contributed by atoms with Gasteiger partial charge in [-0.3, -0.25) is 0 Å². The Balaban J connectivity index is 2.73. The van der Waals surface area contributed by atoms with Crippen LogP contribution in [0.4, 0.5) is 0 Å². The first-order valence-corrected chi connectivity index (χ1v) is 8.42. The van der Waals surface area contributed by atoms with E-state index in [1.54, 1.807) is 12.3 Å². The van der Waals surface area contributed by atoms with Crippen LogP contribution in [0.15, 0.2) is 9.72 Å². The molecule has 1 aromatic rings. The zero-order valence-corrected chi connectivity index (χ0v) is 14.9. The second-order valence-electron chi connectivity index (χ2n) is 6.01. The van der Waals surface area contributed by atoms with E-state index in [0.717, 1.165) is 0 Å². The summed E-state index contributed by atoms with van der Waals surface area (Å²) in [4.78, 5) is 15.8. The smallest absolute Gasteiger partial charge is 0.357 e. The first kappa shape index (κ1) is 18.4. The van der Waals surface area contributed by atoms with Crippen LogP contribution in [0.25, 0.3) is 0 Å². The Labute approximate surface area is 134 Å². The highest BCUT2D eigenvalue weighted by atomic mass is 32.2. The number of aliphatic hydroxyl groups is 1. The summed E-state index contributed by atoms with van der Waals surface area (Å²) in [5, 5.41) is 11.9. The fraction of sp³-hybridized carbons (Fsp3) is 0.714. The normalized spacial score (nSPS) is 14.0. The lowest BCUT2D eigenvalue weighted by Crippen LogP contribution is -2.40. The van der Waals surface area contributed by atoms with E-state index in [4.69, 9.17) is 9.47 Å². The topological polar surface area (TPSA) is 68.7 Å². The van der Waals surface area contributed by atoms with Crippen LogP contribution in [0, 0.1) is 0 Å². The van der Waals surface area contributed by atoms with Gasteiger partial charge in [-0.2, -0.15) is 0 Å². The minimum Gasteiger partial charge on any atom is -0.461 e. The van der Waals surface area contributed by atoms with Crippen molar-refractivity contribution in [3.05, 3.63) is 11.1 Å². The van der Waals surface area contributed by atoms with Crippen molar-refractivity contribution in [1.82, 2.24) is 4.98 Å². The molecule has 21 heavy (non-hydrogen) atoms. The quantitative estimate of drug-likeness (QED) is 0.489. The second-order valence-corrected chi connectivity index (χ2v) is 8.77. The number of hydrogen-bond donors (Lipinski definition) is 1. The van der Waals surface area contributed by atoms with Crippen molar-refractivity contribution >= 4 is 29.1 Å². The average molecular weight is 333 g/mol. The van der Waals surface area contributed by atoms with Gasteiger partial charge >= 0.3 is 5.97 Å². The van der Waals surface area contributed by atoms with Gasteiger partial charge in [0.2, 0.25) is 0 Å². The molecule has 120 valence electrons. The SMILES string of the molecule is CCOC(=O)c1csc(SC(C)(C)C(O)OC(C)(C)C)n1. The van der Waals surface area contributed by atoms with Crippen molar-refractivity contribution in [3.8, 4) is 0 Å². The van der Waals surface area contributed by atoms with Crippen molar-refractivity contribution in [2.75, 3.05) is 6.61 Å². The molecule has 0 saturated carbocycles. The van der Waals surface area contributed by atoms with Crippen LogP contribution in [0.3, 0.4) is 0 Å². The summed E-state index contributed by atoms with van der Waals surface area (Å²) >= 11 is 2.73. The number of rotatable bonds is 6. The summed E-state index contributed by atoms with van der Waals surface area (Å²) in [5.41, 5.74) is -0.137. The number of carbonyl (C=O) groups is 1. The van der Waals surface area contributed by atoms with E-state index in [2.05, 4.69) is 4.98 Å². The maximum absolute atomic E-state index is 11.6. The van der Waals surface area contributed by atoms with Gasteiger partial charge in [0.1, 0.15) is 0 Å². The number of nitrogens with zero attached hydrogens (tertiary/aromatic N) is 1. The molecule has 1 rings (SSSR count). The third kappa shape index (κ3) is 5.94. The van der Waals surface area contributed by atoms with Crippen molar-refractivity contribution < 1.29 is 19.4 Å². The Hall–Kier alpha value is -0.630. The van der Waals surface area contributed by atoms with Crippen molar-refractivity contribution in [2.24, 2.45) is 0 Å². The molecule has 0 aliphatic heterocycles. The fourth-order valence-corrected chi connectivity index (χ4v) is 3.59. The highest BCUT2D eigenvalue weighted by Crippen LogP contribution is 2.38. The van der Waals surface area contributed by atoms with E-state index in [0.29, 0.717) is 16.6 Å². The molecule has 0 fully saturated rings. The van der Waals surface area contributed by atoms with Crippen LogP contribution in [-0.4, -0.2) is 39.3 Å². The summed E-state index contributed by atoms with van der Waals surface area (Å²) in [7, 11) is 0. The minimum atomic E-state index is -0.947. The third-order valence-corrected chi connectivity index (χ3v) is 4.54. The molecule has 1 unspecified atom stereocenters. The molecule has 0 bridgehead atoms. The third-order valence-electron chi connectivity index (χ3n) is 2.38. The van der Waals surface area contributed by atoms with E-state index in [9.17, 15) is 9.90 Å². The van der Waals surface area contributed by atoms with E-state index >= 15 is 0 Å². The zero-order chi connectivity index (χ0) is 16.3. The standard InChI is InChI=1S/C14H23NO4S2/c1-7-18-10(16)9-8-20-12(15-9)21-14(5,6)11(17)19-13(2,3)4/h8,11,17H,7H2,1-6H3. The van der Waals surface area contributed by atoms with Gasteiger partial charge in [0.25, 0.3) is 0 Å². The van der Waals surface area contributed by atoms with Gasteiger partial charge in [-0.1, -0.05) is 11.8 Å². The molecular weight excluding hydrogens is 310 g/mol. The van der Waals surface area contributed by atoms with Gasteiger partial charge < -0.3 is 14.6 Å². The summed E-state index contributed by atoms with van der Waals surface area (Å²) < 4.78 is 10.6. The lowest BCUT2D eigenvalue weighted by molar-refractivity contribution is -0.177. The molecule has 0 radical (unpaired) electrons. The lowest BCUT2D eigenvalue weighted by atomic mass is 10.1. The van der Waals surface area contributed by atoms with E-state index in [1.807, 2.05) is 34.6 Å². The Bertz CT molecular complexity index is 480. The summed E-state index contributed by atoms with van der Waals surface area (Å²) in [5.74, 6) is -0.426. The predicted molar refractivity (Wildman–Crippen MR) is 84.9 cm³/mol. The minimum absolute atomic E-state index is 0.298. The first-order chi connectivity index (χ1) is 9.55. The van der Waals surface area contributed by atoms with Gasteiger partial charge in [-0.25, -0.2) is 9.78 Å². The molecule has 0 aromatic carbocycles. The van der Waals surface area contributed by atoms with Crippen LogP contribution in [0.5, 0.6) is 0 Å². The molecule has 1 aromatic heterocycles. The molecule has 1 N–H and O–H groups in total. The number of thioether (sulfide) groups is 1. The molecule has 1 heterocycles. The number of carbonyl (C=O) groups excluding carboxylic acids is 1. The van der Waals surface area contributed by atoms with Gasteiger partial charge in [0.05, 0.1) is 17.0 Å². The first-order valence-electron chi connectivity index (χ1n) is 6.72. The lowest BCUT2D eigenvalue weighted by Gasteiger charge is -2.33. The molecule has 0 spiro atoms. The molecule has 0 saturated heterocycles. The Morgan fingerprint density at radius 3 is 2.57 bits per heavy atom. The Kier molecular flexibility index (Phi) is 6.22. The van der Waals surface area contributed by atoms with Gasteiger partial charge in [0, 0.05) is 5.38 Å². The van der Waals surface area contributed by atoms with Crippen LogP contribution in [0.1, 0.15) is 52.0 Å². The van der Waals surface area contributed by atoms with Crippen LogP contribution in [0.2, 0.25) is 0 Å². The number of esters is 1. The molecule has 5 nitrogen and oxygen atoms in total. The van der Waals surface area contributed by atoms with Crippen LogP contribution >= 0.6 is 23.1 Å². The monoisotopic (exact) mass is 333 g/mol. The van der Waals surface area contributed by atoms with Crippen LogP contribution in [-0.2, 0) is 9.47 Å². The number of aliphatic hydroxyl groups excluding tert-OH is 1. The largest absolute Gasteiger partial charge is 0.461 e. The molecule has 0 amide bonds. The van der Waals surface area contributed by atoms with Gasteiger partial charge in [-0.15, -0.1) is 11.3 Å². The molecule has 0 aliphatic carbocycles. The highest BCUT2D eigenvalue weighted by molar-refractivity contribution is 8.02. The summed E-state index contributed by atoms with van der Waals surface area (Å²) in [6.07, 6.45) is -0.947. The maximum atomic E-state index is 11.6. The van der Waals surface area contributed by atoms with Gasteiger partial charge in [-0.05, 0) is 41.5 Å². The van der Waals surface area contributed by atoms with E-state index in [1.165, 1.54) is 23.1 Å². The number of aromatic nitrogens is 1. The molecular formula is C14H23NO4S2. The summed E-state index contributed by atoms with van der Waals surface area (Å²) in [6.45, 7) is 11.5. The molecule has 0 aliphatic rings. The predicted octanol–water partition coefficient (Wildman–Crippen LogP) is 3.32. The second kappa shape index (κ2) is 7.09. The number of hydrogen-bond acceptors (Lipinski definition) is 7. The Morgan fingerprint density at radius 2 is 2.05 bits per heavy atom. The zero-order valence-electron chi connectivity index (χ0n) is 13.3. The van der Waals surface area contributed by atoms with Crippen LogP contribution < -0.4 is 0 Å². The maximum Gasteiger partial charge on any atom is 0.357 e. The highest BCUT2D eigenvalue weighted by Gasteiger charge is 2.34. The van der Waals surface area contributed by atoms with E-state index in [-0.39, 0.29) is 0 Å². The number of thiazole rings is 1. The number of ether oxygens (including phenoxy) is 2. The molecule has 1 atom stereocenters. The van der Waals surface area contributed by atoms with Gasteiger partial charge in [0.15, 0.2) is 16.3 Å². The average Bonchev–Trinajstić information content (AvgIpc) is 2.74. The fourth-order valence-electron chi connectivity index (χ4n) is 1.36. The summed E-state index contributed by atoms with van der Waals surface area (Å²) in [6, 6.07) is 0.